The third kappa shape index (κ3) is 3.35. The van der Waals surface area contributed by atoms with Crippen LogP contribution < -0.4 is 0 Å². The normalized spacial score (nSPS) is 10.5. The number of hydrogen-bond donors (Lipinski definition) is 0. The van der Waals surface area contributed by atoms with Gasteiger partial charge in [-0.15, -0.1) is 0 Å². The quantitative estimate of drug-likeness (QED) is 0.859. The minimum absolute atomic E-state index is 0.102. The topological polar surface area (TPSA) is 51.6 Å². The molecule has 0 atom stereocenters. The lowest BCUT2D eigenvalue weighted by atomic mass is 10.2. The third-order valence-corrected chi connectivity index (χ3v) is 2.60. The molecule has 0 aliphatic carbocycles. The van der Waals surface area contributed by atoms with Crippen LogP contribution in [0.4, 0.5) is 0 Å². The number of aryl methyl sites for hydroxylation is 1. The highest BCUT2D eigenvalue weighted by molar-refractivity contribution is 6.30. The zero-order valence-electron chi connectivity index (χ0n) is 9.19. The lowest BCUT2D eigenvalue weighted by Gasteiger charge is -2.01. The van der Waals surface area contributed by atoms with Gasteiger partial charge in [-0.3, -0.25) is 4.98 Å². The molecule has 17 heavy (non-hydrogen) atoms. The van der Waals surface area contributed by atoms with Crippen LogP contribution in [0.1, 0.15) is 24.0 Å². The Hall–Kier alpha value is -1.26. The average Bonchev–Trinajstić information content (AvgIpc) is 2.28. The molecule has 4 nitrogen and oxygen atoms in total. The van der Waals surface area contributed by atoms with Crippen LogP contribution in [0.15, 0.2) is 18.3 Å². The van der Waals surface area contributed by atoms with E-state index >= 15 is 0 Å². The largest absolute Gasteiger partial charge is 0.261 e. The molecule has 0 N–H and O–H groups in total. The van der Waals surface area contributed by atoms with Gasteiger partial charge in [-0.2, -0.15) is 4.98 Å². The fourth-order valence-electron chi connectivity index (χ4n) is 1.37. The molecule has 0 aromatic carbocycles. The monoisotopic (exact) mass is 268 g/mol. The molecular formula is C11H10Cl2N4. The van der Waals surface area contributed by atoms with Crippen LogP contribution in [0.3, 0.4) is 0 Å². The summed E-state index contributed by atoms with van der Waals surface area (Å²) in [5.74, 6) is 0.520. The van der Waals surface area contributed by atoms with Crippen LogP contribution in [0.2, 0.25) is 10.6 Å². The lowest BCUT2D eigenvalue weighted by Crippen LogP contribution is -2.01. The van der Waals surface area contributed by atoms with Crippen LogP contribution >= 0.6 is 23.2 Å². The molecule has 6 heteroatoms. The van der Waals surface area contributed by atoms with Gasteiger partial charge in [-0.1, -0.05) is 13.0 Å². The number of rotatable bonds is 3. The maximum absolute atomic E-state index is 5.70. The Balaban J connectivity index is 2.19. The second kappa shape index (κ2) is 5.38. The van der Waals surface area contributed by atoms with Crippen molar-refractivity contribution in [2.24, 2.45) is 0 Å². The zero-order chi connectivity index (χ0) is 12.3. The van der Waals surface area contributed by atoms with Gasteiger partial charge in [0.2, 0.25) is 10.6 Å². The third-order valence-electron chi connectivity index (χ3n) is 2.26. The summed E-state index contributed by atoms with van der Waals surface area (Å²) in [7, 11) is 0. The molecule has 0 aliphatic rings. The average molecular weight is 269 g/mol. The number of halogens is 2. The summed E-state index contributed by atoms with van der Waals surface area (Å²) in [4.78, 5) is 16.0. The highest BCUT2D eigenvalue weighted by Gasteiger charge is 2.05. The molecule has 0 aliphatic heterocycles. The van der Waals surface area contributed by atoms with Gasteiger partial charge in [0.25, 0.3) is 0 Å². The second-order valence-electron chi connectivity index (χ2n) is 3.48. The minimum atomic E-state index is 0.102. The van der Waals surface area contributed by atoms with Gasteiger partial charge in [0.15, 0.2) is 0 Å². The molecule has 0 unspecified atom stereocenters. The van der Waals surface area contributed by atoms with E-state index in [1.54, 1.807) is 0 Å². The zero-order valence-corrected chi connectivity index (χ0v) is 10.7. The summed E-state index contributed by atoms with van der Waals surface area (Å²) in [6, 6.07) is 3.98. The SMILES string of the molecule is CCc1ccc(Cc2nc(Cl)nc(Cl)n2)nc1. The molecule has 2 rings (SSSR count). The van der Waals surface area contributed by atoms with Gasteiger partial charge in [0, 0.05) is 11.9 Å². The minimum Gasteiger partial charge on any atom is -0.261 e. The van der Waals surface area contributed by atoms with E-state index in [1.807, 2.05) is 18.3 Å². The summed E-state index contributed by atoms with van der Waals surface area (Å²) in [5.41, 5.74) is 2.07. The van der Waals surface area contributed by atoms with E-state index < -0.39 is 0 Å². The second-order valence-corrected chi connectivity index (χ2v) is 4.15. The van der Waals surface area contributed by atoms with Crippen molar-refractivity contribution in [3.63, 3.8) is 0 Å². The van der Waals surface area contributed by atoms with Crippen molar-refractivity contribution < 1.29 is 0 Å². The van der Waals surface area contributed by atoms with E-state index in [2.05, 4.69) is 26.9 Å². The van der Waals surface area contributed by atoms with E-state index in [4.69, 9.17) is 23.2 Å². The van der Waals surface area contributed by atoms with Crippen LogP contribution in [0.5, 0.6) is 0 Å². The molecule has 0 fully saturated rings. The van der Waals surface area contributed by atoms with Crippen LogP contribution in [0.25, 0.3) is 0 Å². The summed E-state index contributed by atoms with van der Waals surface area (Å²) >= 11 is 11.4. The van der Waals surface area contributed by atoms with E-state index in [9.17, 15) is 0 Å². The van der Waals surface area contributed by atoms with E-state index in [1.165, 1.54) is 5.56 Å². The molecule has 2 aromatic heterocycles. The van der Waals surface area contributed by atoms with E-state index in [0.717, 1.165) is 12.1 Å². The summed E-state index contributed by atoms with van der Waals surface area (Å²) in [5, 5.41) is 0.204. The molecule has 2 heterocycles. The van der Waals surface area contributed by atoms with Gasteiger partial charge in [0.1, 0.15) is 5.82 Å². The highest BCUT2D eigenvalue weighted by atomic mass is 35.5. The van der Waals surface area contributed by atoms with Crippen molar-refractivity contribution in [3.05, 3.63) is 46.0 Å². The molecule has 2 aromatic rings. The molecular weight excluding hydrogens is 259 g/mol. The predicted octanol–water partition coefficient (Wildman–Crippen LogP) is 2.73. The first-order valence-electron chi connectivity index (χ1n) is 5.17. The fourth-order valence-corrected chi connectivity index (χ4v) is 1.77. The van der Waals surface area contributed by atoms with Crippen molar-refractivity contribution in [1.82, 2.24) is 19.9 Å². The molecule has 0 saturated heterocycles. The smallest absolute Gasteiger partial charge is 0.226 e. The van der Waals surface area contributed by atoms with Crippen molar-refractivity contribution in [2.75, 3.05) is 0 Å². The lowest BCUT2D eigenvalue weighted by molar-refractivity contribution is 0.895. The molecule has 0 spiro atoms. The van der Waals surface area contributed by atoms with Crippen molar-refractivity contribution in [3.8, 4) is 0 Å². The van der Waals surface area contributed by atoms with Crippen molar-refractivity contribution in [2.45, 2.75) is 19.8 Å². The molecule has 0 amide bonds. The molecule has 0 bridgehead atoms. The summed E-state index contributed by atoms with van der Waals surface area (Å²) in [6.45, 7) is 2.09. The molecule has 0 radical (unpaired) electrons. The molecule has 0 saturated carbocycles. The van der Waals surface area contributed by atoms with Crippen molar-refractivity contribution >= 4 is 23.2 Å². The van der Waals surface area contributed by atoms with Gasteiger partial charge >= 0.3 is 0 Å². The number of nitrogens with zero attached hydrogens (tertiary/aromatic N) is 4. The highest BCUT2D eigenvalue weighted by Crippen LogP contribution is 2.10. The summed E-state index contributed by atoms with van der Waals surface area (Å²) < 4.78 is 0. The Morgan fingerprint density at radius 3 is 2.29 bits per heavy atom. The molecule has 88 valence electrons. The summed E-state index contributed by atoms with van der Waals surface area (Å²) in [6.07, 6.45) is 3.31. The Morgan fingerprint density at radius 1 is 1.06 bits per heavy atom. The van der Waals surface area contributed by atoms with Crippen molar-refractivity contribution in [1.29, 1.82) is 0 Å². The number of aromatic nitrogens is 4. The Bertz CT molecular complexity index is 493. The first-order valence-corrected chi connectivity index (χ1v) is 5.92. The maximum Gasteiger partial charge on any atom is 0.226 e. The van der Waals surface area contributed by atoms with Gasteiger partial charge in [0.05, 0.1) is 6.42 Å². The van der Waals surface area contributed by atoms with Gasteiger partial charge < -0.3 is 0 Å². The number of pyridine rings is 1. The number of hydrogen-bond acceptors (Lipinski definition) is 4. The Kier molecular flexibility index (Phi) is 3.86. The van der Waals surface area contributed by atoms with Crippen LogP contribution in [-0.4, -0.2) is 19.9 Å². The Morgan fingerprint density at radius 2 is 1.76 bits per heavy atom. The van der Waals surface area contributed by atoms with Crippen LogP contribution in [0, 0.1) is 0 Å². The van der Waals surface area contributed by atoms with E-state index in [-0.39, 0.29) is 10.6 Å². The first kappa shape index (κ1) is 12.2. The standard InChI is InChI=1S/C11H10Cl2N4/c1-2-7-3-4-8(14-6-7)5-9-15-10(12)17-11(13)16-9/h3-4,6H,2,5H2,1H3. The fraction of sp³-hybridized carbons (Fsp3) is 0.273. The van der Waals surface area contributed by atoms with Crippen LogP contribution in [-0.2, 0) is 12.8 Å². The first-order chi connectivity index (χ1) is 8.17. The maximum atomic E-state index is 5.70. The van der Waals surface area contributed by atoms with Gasteiger partial charge in [-0.05, 0) is 41.3 Å². The van der Waals surface area contributed by atoms with Gasteiger partial charge in [-0.25, -0.2) is 9.97 Å². The van der Waals surface area contributed by atoms with E-state index in [0.29, 0.717) is 12.2 Å². The Labute approximate surface area is 109 Å². The predicted molar refractivity (Wildman–Crippen MR) is 66.3 cm³/mol.